The number of benzene rings is 3. The van der Waals surface area contributed by atoms with E-state index < -0.39 is 0 Å². The Morgan fingerprint density at radius 2 is 1.62 bits per heavy atom. The van der Waals surface area contributed by atoms with Gasteiger partial charge in [-0.1, -0.05) is 56.3 Å². The first kappa shape index (κ1) is 20.6. The topological polar surface area (TPSA) is 52.4 Å². The van der Waals surface area contributed by atoms with Crippen molar-refractivity contribution in [1.82, 2.24) is 0 Å². The van der Waals surface area contributed by atoms with Crippen molar-refractivity contribution in [1.29, 1.82) is 0 Å². The normalized spacial score (nSPS) is 12.9. The van der Waals surface area contributed by atoms with Gasteiger partial charge in [-0.05, 0) is 66.5 Å². The Balaban J connectivity index is 1.61. The summed E-state index contributed by atoms with van der Waals surface area (Å²) in [5.74, 6) is 1.68. The molecule has 0 N–H and O–H groups in total. The highest BCUT2D eigenvalue weighted by atomic mass is 16.6. The highest BCUT2D eigenvalue weighted by Gasteiger charge is 2.24. The highest BCUT2D eigenvalue weighted by Crippen LogP contribution is 2.34. The SMILES string of the molecule is CCC(C)(CCCc1cccc(Oc2ccccc2)c1)c1ccc([N+](=O)[O-])cc1. The molecule has 0 aliphatic heterocycles. The molecule has 0 heterocycles. The summed E-state index contributed by atoms with van der Waals surface area (Å²) in [5, 5.41) is 10.9. The Bertz CT molecular complexity index is 938. The predicted molar refractivity (Wildman–Crippen MR) is 117 cm³/mol. The third-order valence-corrected chi connectivity index (χ3v) is 5.63. The quantitative estimate of drug-likeness (QED) is 0.290. The fourth-order valence-corrected chi connectivity index (χ4v) is 3.58. The monoisotopic (exact) mass is 389 g/mol. The standard InChI is InChI=1S/C25H27NO3/c1-3-25(2,21-14-16-22(17-15-21)26(27)28)18-8-10-20-9-7-13-24(19-20)29-23-11-5-4-6-12-23/h4-7,9,11-17,19H,3,8,10,18H2,1-2H3. The number of aryl methyl sites for hydroxylation is 1. The molecule has 0 aromatic heterocycles. The third-order valence-electron chi connectivity index (χ3n) is 5.63. The second kappa shape index (κ2) is 9.37. The molecule has 0 saturated heterocycles. The van der Waals surface area contributed by atoms with E-state index in [0.717, 1.165) is 42.7 Å². The largest absolute Gasteiger partial charge is 0.457 e. The molecule has 0 aliphatic rings. The van der Waals surface area contributed by atoms with Crippen molar-refractivity contribution in [2.45, 2.75) is 44.9 Å². The van der Waals surface area contributed by atoms with Gasteiger partial charge in [0.25, 0.3) is 5.69 Å². The lowest BCUT2D eigenvalue weighted by molar-refractivity contribution is -0.384. The van der Waals surface area contributed by atoms with E-state index in [0.29, 0.717) is 0 Å². The van der Waals surface area contributed by atoms with E-state index in [2.05, 4.69) is 26.0 Å². The van der Waals surface area contributed by atoms with Crippen molar-refractivity contribution in [3.05, 3.63) is 100 Å². The maximum absolute atomic E-state index is 10.9. The van der Waals surface area contributed by atoms with Crippen LogP contribution < -0.4 is 4.74 Å². The predicted octanol–water partition coefficient (Wildman–Crippen LogP) is 7.08. The Kier molecular flexibility index (Phi) is 6.65. The molecule has 0 radical (unpaired) electrons. The number of para-hydroxylation sites is 1. The van der Waals surface area contributed by atoms with Gasteiger partial charge >= 0.3 is 0 Å². The van der Waals surface area contributed by atoms with Gasteiger partial charge in [0.1, 0.15) is 11.5 Å². The van der Waals surface area contributed by atoms with Crippen LogP contribution in [0.2, 0.25) is 0 Å². The summed E-state index contributed by atoms with van der Waals surface area (Å²) in [5.41, 5.74) is 2.56. The maximum Gasteiger partial charge on any atom is 0.269 e. The number of non-ortho nitro benzene ring substituents is 1. The molecule has 29 heavy (non-hydrogen) atoms. The van der Waals surface area contributed by atoms with E-state index in [1.54, 1.807) is 12.1 Å². The zero-order valence-corrected chi connectivity index (χ0v) is 17.0. The molecule has 150 valence electrons. The Hall–Kier alpha value is -3.14. The number of hydrogen-bond donors (Lipinski definition) is 0. The number of nitro groups is 1. The van der Waals surface area contributed by atoms with Gasteiger partial charge in [-0.3, -0.25) is 10.1 Å². The summed E-state index contributed by atoms with van der Waals surface area (Å²) < 4.78 is 5.93. The highest BCUT2D eigenvalue weighted by molar-refractivity contribution is 5.37. The van der Waals surface area contributed by atoms with Crippen LogP contribution in [0.1, 0.15) is 44.2 Å². The average molecular weight is 389 g/mol. The lowest BCUT2D eigenvalue weighted by atomic mass is 9.76. The molecule has 3 aromatic rings. The molecule has 4 heteroatoms. The van der Waals surface area contributed by atoms with Crippen molar-refractivity contribution in [3.63, 3.8) is 0 Å². The number of nitrogens with zero attached hydrogens (tertiary/aromatic N) is 1. The second-order valence-electron chi connectivity index (χ2n) is 7.63. The lowest BCUT2D eigenvalue weighted by Crippen LogP contribution is -2.21. The Labute approximate surface area is 172 Å². The van der Waals surface area contributed by atoms with Gasteiger partial charge in [0.05, 0.1) is 4.92 Å². The van der Waals surface area contributed by atoms with Crippen molar-refractivity contribution >= 4 is 5.69 Å². The molecule has 3 aromatic carbocycles. The average Bonchev–Trinajstić information content (AvgIpc) is 2.74. The molecule has 0 aliphatic carbocycles. The van der Waals surface area contributed by atoms with Gasteiger partial charge < -0.3 is 4.74 Å². The summed E-state index contributed by atoms with van der Waals surface area (Å²) >= 11 is 0. The summed E-state index contributed by atoms with van der Waals surface area (Å²) in [6, 6.07) is 25.0. The van der Waals surface area contributed by atoms with Crippen LogP contribution in [0.15, 0.2) is 78.9 Å². The number of hydrogen-bond acceptors (Lipinski definition) is 3. The van der Waals surface area contributed by atoms with Crippen molar-refractivity contribution in [2.24, 2.45) is 0 Å². The number of nitro benzene ring substituents is 1. The minimum atomic E-state index is -0.350. The van der Waals surface area contributed by atoms with Crippen LogP contribution in [0.25, 0.3) is 0 Å². The summed E-state index contributed by atoms with van der Waals surface area (Å²) in [6.45, 7) is 4.42. The van der Waals surface area contributed by atoms with E-state index in [4.69, 9.17) is 4.74 Å². The van der Waals surface area contributed by atoms with Crippen LogP contribution in [-0.4, -0.2) is 4.92 Å². The molecule has 4 nitrogen and oxygen atoms in total. The molecular formula is C25H27NO3. The van der Waals surface area contributed by atoms with Crippen molar-refractivity contribution in [2.75, 3.05) is 0 Å². The molecule has 0 amide bonds. The maximum atomic E-state index is 10.9. The first-order chi connectivity index (χ1) is 14.0. The van der Waals surface area contributed by atoms with E-state index in [-0.39, 0.29) is 16.0 Å². The Morgan fingerprint density at radius 3 is 2.28 bits per heavy atom. The summed E-state index contributed by atoms with van der Waals surface area (Å²) in [7, 11) is 0. The van der Waals surface area contributed by atoms with Gasteiger partial charge in [-0.25, -0.2) is 0 Å². The van der Waals surface area contributed by atoms with Crippen LogP contribution >= 0.6 is 0 Å². The van der Waals surface area contributed by atoms with Gasteiger partial charge in [-0.2, -0.15) is 0 Å². The number of rotatable bonds is 9. The molecule has 0 spiro atoms. The van der Waals surface area contributed by atoms with Crippen LogP contribution in [-0.2, 0) is 11.8 Å². The van der Waals surface area contributed by atoms with Crippen molar-refractivity contribution in [3.8, 4) is 11.5 Å². The lowest BCUT2D eigenvalue weighted by Gasteiger charge is -2.29. The molecule has 0 bridgehead atoms. The van der Waals surface area contributed by atoms with E-state index in [1.807, 2.05) is 54.6 Å². The molecular weight excluding hydrogens is 362 g/mol. The molecule has 0 saturated carbocycles. The summed E-state index contributed by atoms with van der Waals surface area (Å²) in [4.78, 5) is 10.5. The molecule has 3 rings (SSSR count). The zero-order valence-electron chi connectivity index (χ0n) is 17.0. The smallest absolute Gasteiger partial charge is 0.269 e. The third kappa shape index (κ3) is 5.44. The van der Waals surface area contributed by atoms with Gasteiger partial charge in [-0.15, -0.1) is 0 Å². The van der Waals surface area contributed by atoms with Gasteiger partial charge in [0, 0.05) is 12.1 Å². The molecule has 1 unspecified atom stereocenters. The summed E-state index contributed by atoms with van der Waals surface area (Å²) in [6.07, 6.45) is 4.01. The van der Waals surface area contributed by atoms with Crippen LogP contribution in [0, 0.1) is 10.1 Å². The van der Waals surface area contributed by atoms with Gasteiger partial charge in [0.15, 0.2) is 0 Å². The second-order valence-corrected chi connectivity index (χ2v) is 7.63. The number of ether oxygens (including phenoxy) is 1. The first-order valence-corrected chi connectivity index (χ1v) is 10.1. The van der Waals surface area contributed by atoms with Crippen LogP contribution in [0.3, 0.4) is 0 Å². The van der Waals surface area contributed by atoms with E-state index >= 15 is 0 Å². The molecule has 0 fully saturated rings. The fourth-order valence-electron chi connectivity index (χ4n) is 3.58. The van der Waals surface area contributed by atoms with Crippen LogP contribution in [0.4, 0.5) is 5.69 Å². The Morgan fingerprint density at radius 1 is 0.931 bits per heavy atom. The zero-order chi connectivity index (χ0) is 20.7. The molecule has 1 atom stereocenters. The van der Waals surface area contributed by atoms with E-state index in [9.17, 15) is 10.1 Å². The van der Waals surface area contributed by atoms with Crippen LogP contribution in [0.5, 0.6) is 11.5 Å². The van der Waals surface area contributed by atoms with E-state index in [1.165, 1.54) is 5.56 Å². The van der Waals surface area contributed by atoms with Crippen molar-refractivity contribution < 1.29 is 9.66 Å². The van der Waals surface area contributed by atoms with Gasteiger partial charge in [0.2, 0.25) is 0 Å². The minimum Gasteiger partial charge on any atom is -0.457 e. The first-order valence-electron chi connectivity index (χ1n) is 10.1. The fraction of sp³-hybridized carbons (Fsp3) is 0.280. The minimum absolute atomic E-state index is 0.00722.